The van der Waals surface area contributed by atoms with Crippen LogP contribution in [0.15, 0.2) is 52.4 Å². The number of fused-ring (bicyclic) bond motifs is 3. The molecule has 0 unspecified atom stereocenters. The number of aromatic amines is 1. The smallest absolute Gasteiger partial charge is 0.326 e. The number of nitrogens with zero attached hydrogens (tertiary/aromatic N) is 3. The molecule has 0 radical (unpaired) electrons. The number of methoxy groups -OCH3 is 1. The minimum absolute atomic E-state index is 0.0171. The molecule has 10 heteroatoms. The van der Waals surface area contributed by atoms with Gasteiger partial charge < -0.3 is 9.72 Å². The maximum Gasteiger partial charge on any atom is 0.326 e. The fourth-order valence-electron chi connectivity index (χ4n) is 2.95. The summed E-state index contributed by atoms with van der Waals surface area (Å²) in [5.74, 6) is 0.428. The van der Waals surface area contributed by atoms with Gasteiger partial charge in [0.1, 0.15) is 0 Å². The molecule has 0 aliphatic carbocycles. The van der Waals surface area contributed by atoms with Crippen LogP contribution in [0.1, 0.15) is 5.56 Å². The number of nitrogens with two attached hydrogens (primary N) is 1. The van der Waals surface area contributed by atoms with Gasteiger partial charge in [0, 0.05) is 17.6 Å². The van der Waals surface area contributed by atoms with Crippen LogP contribution in [0.3, 0.4) is 0 Å². The number of nitrogens with one attached hydrogen (secondary N) is 1. The quantitative estimate of drug-likeness (QED) is 0.538. The zero-order chi connectivity index (χ0) is 19.2. The summed E-state index contributed by atoms with van der Waals surface area (Å²) in [4.78, 5) is 23.8. The normalized spacial score (nSPS) is 11.9. The summed E-state index contributed by atoms with van der Waals surface area (Å²) in [6.45, 7) is 0.245. The van der Waals surface area contributed by atoms with Gasteiger partial charge in [-0.05, 0) is 17.7 Å². The number of ether oxygens (including phenoxy) is 1. The number of H-pyrrole nitrogens is 1. The fraction of sp³-hybridized carbons (Fsp3) is 0.118. The first-order chi connectivity index (χ1) is 12.9. The molecule has 138 valence electrons. The molecule has 0 spiro atoms. The Bertz CT molecular complexity index is 1320. The average Bonchev–Trinajstić information content (AvgIpc) is 2.96. The number of aromatic nitrogens is 4. The summed E-state index contributed by atoms with van der Waals surface area (Å²) in [7, 11) is -2.25. The lowest BCUT2D eigenvalue weighted by molar-refractivity contribution is 0.398. The van der Waals surface area contributed by atoms with Crippen molar-refractivity contribution < 1.29 is 13.2 Å². The Labute approximate surface area is 153 Å². The van der Waals surface area contributed by atoms with E-state index in [9.17, 15) is 13.2 Å². The van der Waals surface area contributed by atoms with Crippen molar-refractivity contribution in [3.8, 4) is 5.88 Å². The van der Waals surface area contributed by atoms with E-state index < -0.39 is 10.0 Å². The van der Waals surface area contributed by atoms with Gasteiger partial charge in [-0.1, -0.05) is 12.1 Å². The molecule has 4 aromatic rings. The molecular weight excluding hydrogens is 370 g/mol. The van der Waals surface area contributed by atoms with E-state index in [1.165, 1.54) is 19.2 Å². The minimum Gasteiger partial charge on any atom is -0.481 e. The van der Waals surface area contributed by atoms with Crippen LogP contribution < -0.4 is 15.6 Å². The Morgan fingerprint density at radius 3 is 2.59 bits per heavy atom. The Morgan fingerprint density at radius 1 is 1.19 bits per heavy atom. The van der Waals surface area contributed by atoms with E-state index in [-0.39, 0.29) is 17.1 Å². The molecule has 3 aromatic heterocycles. The molecule has 0 atom stereocenters. The van der Waals surface area contributed by atoms with Crippen LogP contribution in [0.2, 0.25) is 0 Å². The number of benzene rings is 1. The predicted octanol–water partition coefficient (Wildman–Crippen LogP) is 0.977. The summed E-state index contributed by atoms with van der Waals surface area (Å²) in [6, 6.07) is 7.76. The van der Waals surface area contributed by atoms with Gasteiger partial charge in [-0.3, -0.25) is 9.55 Å². The number of sulfonamides is 1. The van der Waals surface area contributed by atoms with Gasteiger partial charge in [-0.15, -0.1) is 0 Å². The molecule has 27 heavy (non-hydrogen) atoms. The predicted molar refractivity (Wildman–Crippen MR) is 99.1 cm³/mol. The highest BCUT2D eigenvalue weighted by molar-refractivity contribution is 7.89. The largest absolute Gasteiger partial charge is 0.481 e. The van der Waals surface area contributed by atoms with Crippen LogP contribution in [-0.2, 0) is 16.6 Å². The van der Waals surface area contributed by atoms with E-state index in [0.29, 0.717) is 27.8 Å². The van der Waals surface area contributed by atoms with Crippen LogP contribution in [0.4, 0.5) is 0 Å². The van der Waals surface area contributed by atoms with Crippen molar-refractivity contribution in [3.05, 3.63) is 58.8 Å². The van der Waals surface area contributed by atoms with Crippen molar-refractivity contribution >= 4 is 32.0 Å². The Kier molecular flexibility index (Phi) is 3.93. The van der Waals surface area contributed by atoms with Gasteiger partial charge in [0.15, 0.2) is 0 Å². The van der Waals surface area contributed by atoms with Gasteiger partial charge in [-0.25, -0.2) is 23.3 Å². The lowest BCUT2D eigenvalue weighted by Crippen LogP contribution is -2.17. The van der Waals surface area contributed by atoms with Gasteiger partial charge >= 0.3 is 5.69 Å². The molecule has 0 aliphatic rings. The highest BCUT2D eigenvalue weighted by Gasteiger charge is 2.14. The van der Waals surface area contributed by atoms with Crippen molar-refractivity contribution in [2.24, 2.45) is 5.14 Å². The fourth-order valence-corrected chi connectivity index (χ4v) is 3.47. The maximum absolute atomic E-state index is 12.5. The molecule has 3 heterocycles. The number of hydrogen-bond donors (Lipinski definition) is 2. The van der Waals surface area contributed by atoms with E-state index in [0.717, 1.165) is 5.56 Å². The average molecular weight is 385 g/mol. The molecule has 3 N–H and O–H groups in total. The minimum atomic E-state index is -3.76. The highest BCUT2D eigenvalue weighted by Crippen LogP contribution is 2.24. The van der Waals surface area contributed by atoms with Crippen molar-refractivity contribution in [1.29, 1.82) is 0 Å². The van der Waals surface area contributed by atoms with E-state index in [1.807, 2.05) is 0 Å². The number of rotatable bonds is 4. The molecule has 0 saturated carbocycles. The number of imidazole rings is 1. The Balaban J connectivity index is 1.85. The molecule has 0 fully saturated rings. The summed E-state index contributed by atoms with van der Waals surface area (Å²) in [6.07, 6.45) is 3.19. The molecule has 0 aliphatic heterocycles. The second-order valence-corrected chi connectivity index (χ2v) is 7.53. The molecule has 9 nitrogen and oxygen atoms in total. The summed E-state index contributed by atoms with van der Waals surface area (Å²) < 4.78 is 29.4. The van der Waals surface area contributed by atoms with Crippen LogP contribution in [0.25, 0.3) is 21.9 Å². The number of pyridine rings is 2. The highest BCUT2D eigenvalue weighted by atomic mass is 32.2. The SMILES string of the molecule is COc1cc2ncc3[nH]c(=O)n(Cc4ccc(S(N)(=O)=O)cc4)c3c2cn1. The van der Waals surface area contributed by atoms with Crippen molar-refractivity contribution in [1.82, 2.24) is 19.5 Å². The Morgan fingerprint density at radius 2 is 1.93 bits per heavy atom. The van der Waals surface area contributed by atoms with Crippen LogP contribution in [-0.4, -0.2) is 35.0 Å². The molecular formula is C17H15N5O4S. The molecule has 0 bridgehead atoms. The van der Waals surface area contributed by atoms with E-state index in [1.54, 1.807) is 35.2 Å². The zero-order valence-electron chi connectivity index (χ0n) is 14.2. The topological polar surface area (TPSA) is 133 Å². The summed E-state index contributed by atoms with van der Waals surface area (Å²) in [5.41, 5.74) is 2.34. The van der Waals surface area contributed by atoms with E-state index in [2.05, 4.69) is 15.0 Å². The molecule has 1 aromatic carbocycles. The van der Waals surface area contributed by atoms with Crippen LogP contribution in [0, 0.1) is 0 Å². The second-order valence-electron chi connectivity index (χ2n) is 5.97. The molecule has 0 saturated heterocycles. The van der Waals surface area contributed by atoms with Crippen molar-refractivity contribution in [2.75, 3.05) is 7.11 Å². The first-order valence-corrected chi connectivity index (χ1v) is 9.44. The van der Waals surface area contributed by atoms with Gasteiger partial charge in [-0.2, -0.15) is 0 Å². The standard InChI is InChI=1S/C17H15N5O4S/c1-26-15-6-13-12(7-20-15)16-14(8-19-13)21-17(23)22(16)9-10-2-4-11(5-3-10)27(18,24)25/h2-8H,9H2,1H3,(H,21,23)(H2,18,24,25). The van der Waals surface area contributed by atoms with Crippen molar-refractivity contribution in [2.45, 2.75) is 11.4 Å². The van der Waals surface area contributed by atoms with Gasteiger partial charge in [0.05, 0.1) is 41.3 Å². The summed E-state index contributed by atoms with van der Waals surface area (Å²) >= 11 is 0. The van der Waals surface area contributed by atoms with E-state index >= 15 is 0 Å². The monoisotopic (exact) mass is 385 g/mol. The third kappa shape index (κ3) is 3.04. The summed E-state index contributed by atoms with van der Waals surface area (Å²) in [5, 5.41) is 5.82. The maximum atomic E-state index is 12.5. The molecule has 4 rings (SSSR count). The van der Waals surface area contributed by atoms with Crippen LogP contribution in [0.5, 0.6) is 5.88 Å². The molecule has 0 amide bonds. The first kappa shape index (κ1) is 17.2. The zero-order valence-corrected chi connectivity index (χ0v) is 15.0. The second kappa shape index (κ2) is 6.18. The van der Waals surface area contributed by atoms with Gasteiger partial charge in [0.25, 0.3) is 0 Å². The lowest BCUT2D eigenvalue weighted by Gasteiger charge is -2.07. The third-order valence-electron chi connectivity index (χ3n) is 4.26. The number of hydrogen-bond acceptors (Lipinski definition) is 6. The Hall–Kier alpha value is -3.24. The number of primary sulfonamides is 1. The van der Waals surface area contributed by atoms with Crippen LogP contribution >= 0.6 is 0 Å². The van der Waals surface area contributed by atoms with Crippen molar-refractivity contribution in [3.63, 3.8) is 0 Å². The first-order valence-electron chi connectivity index (χ1n) is 7.90. The van der Waals surface area contributed by atoms with E-state index in [4.69, 9.17) is 9.88 Å². The van der Waals surface area contributed by atoms with Gasteiger partial charge in [0.2, 0.25) is 15.9 Å². The third-order valence-corrected chi connectivity index (χ3v) is 5.19. The lowest BCUT2D eigenvalue weighted by atomic mass is 10.2.